The largest absolute Gasteiger partial charge is 0.462 e. The number of ether oxygens (including phenoxy) is 1. The van der Waals surface area contributed by atoms with Crippen LogP contribution in [0, 0.1) is 11.3 Å². The summed E-state index contributed by atoms with van der Waals surface area (Å²) < 4.78 is 4.95. The van der Waals surface area contributed by atoms with Crippen molar-refractivity contribution in [2.75, 3.05) is 6.61 Å². The minimum Gasteiger partial charge on any atom is -0.462 e. The van der Waals surface area contributed by atoms with Crippen molar-refractivity contribution in [3.63, 3.8) is 0 Å². The predicted octanol–water partition coefficient (Wildman–Crippen LogP) is 3.50. The molecule has 0 bridgehead atoms. The Hall–Kier alpha value is -2.86. The number of carbonyl (C=O) groups is 1. The van der Waals surface area contributed by atoms with Gasteiger partial charge in [-0.2, -0.15) is 5.26 Å². The zero-order chi connectivity index (χ0) is 15.1. The molecular weight excluding hydrogens is 262 g/mol. The number of esters is 1. The monoisotopic (exact) mass is 277 g/mol. The van der Waals surface area contributed by atoms with Crippen LogP contribution in [0.3, 0.4) is 0 Å². The minimum absolute atomic E-state index is 0.348. The third kappa shape index (κ3) is 4.05. The van der Waals surface area contributed by atoms with Gasteiger partial charge in [0.2, 0.25) is 0 Å². The smallest absolute Gasteiger partial charge is 0.330 e. The molecule has 0 saturated carbocycles. The van der Waals surface area contributed by atoms with E-state index in [1.807, 2.05) is 36.4 Å². The van der Waals surface area contributed by atoms with Crippen LogP contribution in [0.5, 0.6) is 0 Å². The van der Waals surface area contributed by atoms with Crippen LogP contribution in [0.1, 0.15) is 11.1 Å². The Bertz CT molecular complexity index is 664. The van der Waals surface area contributed by atoms with E-state index in [0.29, 0.717) is 18.6 Å². The SMILES string of the molecule is C=CC(=O)OCCc1ccc(-c2ccc(C#N)cc2)cc1. The van der Waals surface area contributed by atoms with E-state index in [2.05, 4.69) is 12.6 Å². The first-order valence-corrected chi connectivity index (χ1v) is 6.61. The third-order valence-corrected chi connectivity index (χ3v) is 3.10. The molecule has 0 aliphatic heterocycles. The maximum Gasteiger partial charge on any atom is 0.330 e. The van der Waals surface area contributed by atoms with Gasteiger partial charge in [-0.25, -0.2) is 4.79 Å². The highest BCUT2D eigenvalue weighted by atomic mass is 16.5. The summed E-state index contributed by atoms with van der Waals surface area (Å²) in [4.78, 5) is 10.9. The summed E-state index contributed by atoms with van der Waals surface area (Å²) in [6.45, 7) is 3.70. The molecule has 0 spiro atoms. The Labute approximate surface area is 124 Å². The van der Waals surface area contributed by atoms with E-state index in [1.165, 1.54) is 0 Å². The Morgan fingerprint density at radius 2 is 1.67 bits per heavy atom. The lowest BCUT2D eigenvalue weighted by Gasteiger charge is -2.05. The van der Waals surface area contributed by atoms with E-state index in [-0.39, 0.29) is 0 Å². The molecule has 2 aromatic carbocycles. The van der Waals surface area contributed by atoms with E-state index in [9.17, 15) is 4.79 Å². The predicted molar refractivity (Wildman–Crippen MR) is 81.5 cm³/mol. The number of hydrogen-bond acceptors (Lipinski definition) is 3. The summed E-state index contributed by atoms with van der Waals surface area (Å²) in [5.74, 6) is -0.399. The standard InChI is InChI=1S/C18H15NO2/c1-2-18(20)21-12-11-14-3-7-16(8-4-14)17-9-5-15(13-19)6-10-17/h2-10H,1,11-12H2. The van der Waals surface area contributed by atoms with Crippen molar-refractivity contribution >= 4 is 5.97 Å². The van der Waals surface area contributed by atoms with Gasteiger partial charge in [0.1, 0.15) is 0 Å². The van der Waals surface area contributed by atoms with Crippen molar-refractivity contribution in [3.8, 4) is 17.2 Å². The molecule has 0 atom stereocenters. The molecule has 21 heavy (non-hydrogen) atoms. The summed E-state index contributed by atoms with van der Waals surface area (Å²) in [5, 5.41) is 8.78. The van der Waals surface area contributed by atoms with Gasteiger partial charge < -0.3 is 4.74 Å². The van der Waals surface area contributed by atoms with E-state index >= 15 is 0 Å². The molecule has 0 radical (unpaired) electrons. The zero-order valence-electron chi connectivity index (χ0n) is 11.6. The van der Waals surface area contributed by atoms with E-state index < -0.39 is 5.97 Å². The number of carbonyl (C=O) groups excluding carboxylic acids is 1. The van der Waals surface area contributed by atoms with Crippen LogP contribution >= 0.6 is 0 Å². The fraction of sp³-hybridized carbons (Fsp3) is 0.111. The average Bonchev–Trinajstić information content (AvgIpc) is 2.55. The normalized spacial score (nSPS) is 9.67. The zero-order valence-corrected chi connectivity index (χ0v) is 11.6. The Kier molecular flexibility index (Phi) is 4.89. The minimum atomic E-state index is -0.399. The molecule has 0 N–H and O–H groups in total. The first kappa shape index (κ1) is 14.5. The average molecular weight is 277 g/mol. The molecule has 0 aliphatic carbocycles. The van der Waals surface area contributed by atoms with Crippen molar-refractivity contribution in [2.45, 2.75) is 6.42 Å². The molecule has 2 rings (SSSR count). The number of rotatable bonds is 5. The lowest BCUT2D eigenvalue weighted by atomic mass is 10.0. The van der Waals surface area contributed by atoms with Crippen LogP contribution in [0.25, 0.3) is 11.1 Å². The van der Waals surface area contributed by atoms with Crippen molar-refractivity contribution in [1.29, 1.82) is 5.26 Å². The lowest BCUT2D eigenvalue weighted by molar-refractivity contribution is -0.137. The van der Waals surface area contributed by atoms with Gasteiger partial charge in [-0.3, -0.25) is 0 Å². The Morgan fingerprint density at radius 3 is 2.19 bits per heavy atom. The maximum absolute atomic E-state index is 10.9. The van der Waals surface area contributed by atoms with Crippen LogP contribution in [0.2, 0.25) is 0 Å². The fourth-order valence-electron chi connectivity index (χ4n) is 1.93. The lowest BCUT2D eigenvalue weighted by Crippen LogP contribution is -2.04. The second-order valence-electron chi connectivity index (χ2n) is 4.51. The van der Waals surface area contributed by atoms with Crippen LogP contribution in [0.4, 0.5) is 0 Å². The first-order chi connectivity index (χ1) is 10.2. The van der Waals surface area contributed by atoms with Crippen molar-refractivity contribution in [1.82, 2.24) is 0 Å². The van der Waals surface area contributed by atoms with Crippen LogP contribution in [-0.2, 0) is 16.0 Å². The molecule has 0 aromatic heterocycles. The van der Waals surface area contributed by atoms with Gasteiger partial charge in [-0.15, -0.1) is 0 Å². The highest BCUT2D eigenvalue weighted by Crippen LogP contribution is 2.20. The van der Waals surface area contributed by atoms with Gasteiger partial charge in [-0.05, 0) is 28.8 Å². The summed E-state index contributed by atoms with van der Waals surface area (Å²) in [6, 6.07) is 17.6. The number of nitrogens with zero attached hydrogens (tertiary/aromatic N) is 1. The fourth-order valence-corrected chi connectivity index (χ4v) is 1.93. The Balaban J connectivity index is 1.99. The van der Waals surface area contributed by atoms with Gasteiger partial charge in [0, 0.05) is 12.5 Å². The summed E-state index contributed by atoms with van der Waals surface area (Å²) in [5.41, 5.74) is 3.91. The van der Waals surface area contributed by atoms with E-state index in [1.54, 1.807) is 12.1 Å². The summed E-state index contributed by atoms with van der Waals surface area (Å²) in [6.07, 6.45) is 1.83. The van der Waals surface area contributed by atoms with Crippen LogP contribution in [0.15, 0.2) is 61.2 Å². The molecular formula is C18H15NO2. The van der Waals surface area contributed by atoms with Crippen LogP contribution < -0.4 is 0 Å². The van der Waals surface area contributed by atoms with Gasteiger partial charge in [0.25, 0.3) is 0 Å². The second kappa shape index (κ2) is 7.06. The molecule has 0 unspecified atom stereocenters. The molecule has 2 aromatic rings. The molecule has 0 amide bonds. The number of hydrogen-bond donors (Lipinski definition) is 0. The van der Waals surface area contributed by atoms with Crippen molar-refractivity contribution < 1.29 is 9.53 Å². The third-order valence-electron chi connectivity index (χ3n) is 3.10. The molecule has 104 valence electrons. The maximum atomic E-state index is 10.9. The van der Waals surface area contributed by atoms with Gasteiger partial charge >= 0.3 is 5.97 Å². The van der Waals surface area contributed by atoms with Crippen molar-refractivity contribution in [2.24, 2.45) is 0 Å². The summed E-state index contributed by atoms with van der Waals surface area (Å²) >= 11 is 0. The number of benzene rings is 2. The van der Waals surface area contributed by atoms with Crippen LogP contribution in [-0.4, -0.2) is 12.6 Å². The molecule has 0 saturated heterocycles. The topological polar surface area (TPSA) is 50.1 Å². The molecule has 3 nitrogen and oxygen atoms in total. The molecule has 3 heteroatoms. The van der Waals surface area contributed by atoms with E-state index in [0.717, 1.165) is 22.8 Å². The summed E-state index contributed by atoms with van der Waals surface area (Å²) in [7, 11) is 0. The second-order valence-corrected chi connectivity index (χ2v) is 4.51. The Morgan fingerprint density at radius 1 is 1.10 bits per heavy atom. The number of nitriles is 1. The quantitative estimate of drug-likeness (QED) is 0.621. The van der Waals surface area contributed by atoms with E-state index in [4.69, 9.17) is 10.00 Å². The molecule has 0 fully saturated rings. The van der Waals surface area contributed by atoms with Crippen molar-refractivity contribution in [3.05, 3.63) is 72.3 Å². The molecule has 0 heterocycles. The van der Waals surface area contributed by atoms with Gasteiger partial charge in [0.05, 0.1) is 18.2 Å². The molecule has 0 aliphatic rings. The van der Waals surface area contributed by atoms with Gasteiger partial charge in [0.15, 0.2) is 0 Å². The van der Waals surface area contributed by atoms with Gasteiger partial charge in [-0.1, -0.05) is 43.0 Å². The first-order valence-electron chi connectivity index (χ1n) is 6.61. The highest BCUT2D eigenvalue weighted by Gasteiger charge is 2.00. The highest BCUT2D eigenvalue weighted by molar-refractivity contribution is 5.81.